The van der Waals surface area contributed by atoms with Crippen LogP contribution in [0.25, 0.3) is 0 Å². The molecular formula is C14H29NO3S. The lowest BCUT2D eigenvalue weighted by atomic mass is 9.78. The minimum atomic E-state index is -2.87. The summed E-state index contributed by atoms with van der Waals surface area (Å²) in [5, 5.41) is 0. The van der Waals surface area contributed by atoms with Gasteiger partial charge in [0.25, 0.3) is 0 Å². The van der Waals surface area contributed by atoms with Crippen LogP contribution in [0.15, 0.2) is 0 Å². The quantitative estimate of drug-likeness (QED) is 0.745. The molecule has 1 aliphatic carbocycles. The van der Waals surface area contributed by atoms with E-state index in [0.717, 1.165) is 19.3 Å². The number of hydrogen-bond donors (Lipinski definition) is 1. The molecule has 0 radical (unpaired) electrons. The fourth-order valence-electron chi connectivity index (χ4n) is 2.99. The second-order valence-electron chi connectivity index (χ2n) is 5.54. The summed E-state index contributed by atoms with van der Waals surface area (Å²) in [6.45, 7) is 4.38. The number of hydrogen-bond acceptors (Lipinski definition) is 4. The Labute approximate surface area is 118 Å². The number of sulfone groups is 1. The molecule has 114 valence electrons. The van der Waals surface area contributed by atoms with Gasteiger partial charge in [0.1, 0.15) is 9.84 Å². The molecule has 1 aliphatic rings. The van der Waals surface area contributed by atoms with E-state index >= 15 is 0 Å². The maximum Gasteiger partial charge on any atom is 0.150 e. The van der Waals surface area contributed by atoms with E-state index < -0.39 is 9.84 Å². The zero-order valence-electron chi connectivity index (χ0n) is 12.4. The molecule has 0 amide bonds. The van der Waals surface area contributed by atoms with Crippen LogP contribution in [0.4, 0.5) is 0 Å². The largest absolute Gasteiger partial charge is 0.374 e. The molecule has 0 spiro atoms. The Morgan fingerprint density at radius 1 is 1.21 bits per heavy atom. The molecule has 4 nitrogen and oxygen atoms in total. The van der Waals surface area contributed by atoms with E-state index in [1.807, 2.05) is 6.92 Å². The van der Waals surface area contributed by atoms with Gasteiger partial charge in [-0.3, -0.25) is 0 Å². The van der Waals surface area contributed by atoms with Gasteiger partial charge < -0.3 is 10.5 Å². The molecule has 1 saturated carbocycles. The highest BCUT2D eigenvalue weighted by atomic mass is 32.2. The number of rotatable bonds is 8. The summed E-state index contributed by atoms with van der Waals surface area (Å²) in [6.07, 6.45) is 7.00. The molecular weight excluding hydrogens is 262 g/mol. The number of ether oxygens (including phenoxy) is 1. The molecule has 19 heavy (non-hydrogen) atoms. The van der Waals surface area contributed by atoms with Crippen LogP contribution in [0.2, 0.25) is 0 Å². The fraction of sp³-hybridized carbons (Fsp3) is 1.00. The molecule has 0 aromatic heterocycles. The van der Waals surface area contributed by atoms with Gasteiger partial charge >= 0.3 is 0 Å². The molecule has 0 heterocycles. The van der Waals surface area contributed by atoms with Crippen molar-refractivity contribution in [2.24, 2.45) is 5.73 Å². The second kappa shape index (κ2) is 7.60. The van der Waals surface area contributed by atoms with Crippen molar-refractivity contribution in [2.45, 2.75) is 70.4 Å². The highest BCUT2D eigenvalue weighted by molar-refractivity contribution is 7.91. The van der Waals surface area contributed by atoms with Gasteiger partial charge in [-0.15, -0.1) is 0 Å². The third-order valence-electron chi connectivity index (χ3n) is 4.22. The second-order valence-corrected chi connectivity index (χ2v) is 8.02. The van der Waals surface area contributed by atoms with Crippen molar-refractivity contribution in [1.29, 1.82) is 0 Å². The summed E-state index contributed by atoms with van der Waals surface area (Å²) in [7, 11) is -2.87. The first kappa shape index (κ1) is 16.9. The van der Waals surface area contributed by atoms with E-state index in [0.29, 0.717) is 13.0 Å². The van der Waals surface area contributed by atoms with Crippen LogP contribution in [-0.2, 0) is 14.6 Å². The lowest BCUT2D eigenvalue weighted by Crippen LogP contribution is -2.51. The zero-order valence-corrected chi connectivity index (χ0v) is 13.2. The minimum absolute atomic E-state index is 0.0418. The smallest absolute Gasteiger partial charge is 0.150 e. The molecule has 1 atom stereocenters. The lowest BCUT2D eigenvalue weighted by Gasteiger charge is -2.41. The monoisotopic (exact) mass is 291 g/mol. The predicted octanol–water partition coefficient (Wildman–Crippen LogP) is 2.27. The van der Waals surface area contributed by atoms with Crippen molar-refractivity contribution in [1.82, 2.24) is 0 Å². The Kier molecular flexibility index (Phi) is 6.77. The summed E-state index contributed by atoms with van der Waals surface area (Å²) in [5.74, 6) is 0.470. The molecule has 2 N–H and O–H groups in total. The maximum absolute atomic E-state index is 11.5. The van der Waals surface area contributed by atoms with Crippen molar-refractivity contribution >= 4 is 9.84 Å². The molecule has 1 fully saturated rings. The van der Waals surface area contributed by atoms with Crippen molar-refractivity contribution < 1.29 is 13.2 Å². The maximum atomic E-state index is 11.5. The van der Waals surface area contributed by atoms with E-state index in [2.05, 4.69) is 0 Å². The highest BCUT2D eigenvalue weighted by Crippen LogP contribution is 2.35. The van der Waals surface area contributed by atoms with E-state index in [9.17, 15) is 8.42 Å². The molecule has 0 bridgehead atoms. The van der Waals surface area contributed by atoms with Crippen LogP contribution in [-0.4, -0.2) is 38.2 Å². The van der Waals surface area contributed by atoms with E-state index in [1.165, 1.54) is 19.3 Å². The Balaban J connectivity index is 2.50. The standard InChI is InChI=1S/C14H29NO3S/c1-3-18-14(10-6-5-7-11-14)13(15)9-8-12-19(16,17)4-2/h13H,3-12,15H2,1-2H3. The zero-order chi connectivity index (χ0) is 14.4. The number of nitrogens with two attached hydrogens (primary N) is 1. The predicted molar refractivity (Wildman–Crippen MR) is 79.0 cm³/mol. The first-order chi connectivity index (χ1) is 8.96. The van der Waals surface area contributed by atoms with Crippen molar-refractivity contribution in [2.75, 3.05) is 18.1 Å². The average Bonchev–Trinajstić information content (AvgIpc) is 2.40. The van der Waals surface area contributed by atoms with Gasteiger partial charge in [-0.05, 0) is 32.6 Å². The Hall–Kier alpha value is -0.130. The molecule has 0 saturated heterocycles. The van der Waals surface area contributed by atoms with Gasteiger partial charge in [0.2, 0.25) is 0 Å². The Bertz CT molecular complexity index is 342. The minimum Gasteiger partial charge on any atom is -0.374 e. The fourth-order valence-corrected chi connectivity index (χ4v) is 3.89. The Morgan fingerprint density at radius 3 is 2.37 bits per heavy atom. The molecule has 0 aromatic carbocycles. The Morgan fingerprint density at radius 2 is 1.84 bits per heavy atom. The summed E-state index contributed by atoms with van der Waals surface area (Å²) in [4.78, 5) is 0. The molecule has 1 unspecified atom stereocenters. The van der Waals surface area contributed by atoms with Crippen LogP contribution >= 0.6 is 0 Å². The van der Waals surface area contributed by atoms with Crippen LogP contribution in [0.3, 0.4) is 0 Å². The van der Waals surface area contributed by atoms with Gasteiger partial charge in [-0.2, -0.15) is 0 Å². The molecule has 0 aliphatic heterocycles. The van der Waals surface area contributed by atoms with E-state index in [-0.39, 0.29) is 23.1 Å². The lowest BCUT2D eigenvalue weighted by molar-refractivity contribution is -0.0834. The van der Waals surface area contributed by atoms with Gasteiger partial charge in [-0.25, -0.2) is 8.42 Å². The topological polar surface area (TPSA) is 69.4 Å². The molecule has 1 rings (SSSR count). The van der Waals surface area contributed by atoms with Gasteiger partial charge in [0, 0.05) is 18.4 Å². The van der Waals surface area contributed by atoms with Crippen LogP contribution in [0, 0.1) is 0 Å². The summed E-state index contributed by atoms with van der Waals surface area (Å²) >= 11 is 0. The van der Waals surface area contributed by atoms with Crippen molar-refractivity contribution in [3.8, 4) is 0 Å². The van der Waals surface area contributed by atoms with E-state index in [4.69, 9.17) is 10.5 Å². The van der Waals surface area contributed by atoms with Gasteiger partial charge in [-0.1, -0.05) is 26.2 Å². The average molecular weight is 291 g/mol. The SMILES string of the molecule is CCOC1(C(N)CCCS(=O)(=O)CC)CCCCC1. The molecule has 5 heteroatoms. The first-order valence-electron chi connectivity index (χ1n) is 7.56. The van der Waals surface area contributed by atoms with Crippen LogP contribution < -0.4 is 5.73 Å². The van der Waals surface area contributed by atoms with Crippen molar-refractivity contribution in [3.63, 3.8) is 0 Å². The van der Waals surface area contributed by atoms with Gasteiger partial charge in [0.15, 0.2) is 0 Å². The summed E-state index contributed by atoms with van der Waals surface area (Å²) in [5.41, 5.74) is 6.12. The van der Waals surface area contributed by atoms with Crippen LogP contribution in [0.1, 0.15) is 58.8 Å². The van der Waals surface area contributed by atoms with E-state index in [1.54, 1.807) is 6.92 Å². The normalized spacial score (nSPS) is 21.2. The highest BCUT2D eigenvalue weighted by Gasteiger charge is 2.38. The third kappa shape index (κ3) is 5.04. The first-order valence-corrected chi connectivity index (χ1v) is 9.38. The third-order valence-corrected chi connectivity index (χ3v) is 6.01. The van der Waals surface area contributed by atoms with Crippen molar-refractivity contribution in [3.05, 3.63) is 0 Å². The van der Waals surface area contributed by atoms with Crippen LogP contribution in [0.5, 0.6) is 0 Å². The summed E-state index contributed by atoms with van der Waals surface area (Å²) in [6, 6.07) is -0.0418. The molecule has 0 aromatic rings. The van der Waals surface area contributed by atoms with Gasteiger partial charge in [0.05, 0.1) is 11.4 Å². The summed E-state index contributed by atoms with van der Waals surface area (Å²) < 4.78 is 28.9.